The van der Waals surface area contributed by atoms with Gasteiger partial charge in [-0.15, -0.1) is 0 Å². The Morgan fingerprint density at radius 3 is 2.49 bits per heavy atom. The van der Waals surface area contributed by atoms with Crippen LogP contribution in [0, 0.1) is 33.3 Å². The molecule has 2 saturated heterocycles. The van der Waals surface area contributed by atoms with E-state index < -0.39 is 58.6 Å². The zero-order valence-electron chi connectivity index (χ0n) is 21.4. The number of imide groups is 1. The maximum Gasteiger partial charge on any atom is 0.433 e. The second-order valence-electron chi connectivity index (χ2n) is 10.2. The van der Waals surface area contributed by atoms with Crippen molar-refractivity contribution in [1.82, 2.24) is 10.2 Å². The van der Waals surface area contributed by atoms with Gasteiger partial charge in [-0.05, 0) is 34.0 Å². The van der Waals surface area contributed by atoms with E-state index in [-0.39, 0.29) is 17.7 Å². The minimum atomic E-state index is -1.89. The number of hydrogen-bond acceptors (Lipinski definition) is 8. The predicted molar refractivity (Wildman–Crippen MR) is 143 cm³/mol. The van der Waals surface area contributed by atoms with Gasteiger partial charge >= 0.3 is 11.9 Å². The van der Waals surface area contributed by atoms with Gasteiger partial charge in [-0.1, -0.05) is 60.7 Å². The molecular formula is C30H22N4O7. The molecule has 11 nitrogen and oxygen atoms in total. The highest BCUT2D eigenvalue weighted by Gasteiger charge is 2.68. The van der Waals surface area contributed by atoms with Crippen LogP contribution in [0.1, 0.15) is 28.5 Å². The highest BCUT2D eigenvalue weighted by Crippen LogP contribution is 2.51. The zero-order valence-corrected chi connectivity index (χ0v) is 21.4. The van der Waals surface area contributed by atoms with Crippen LogP contribution in [-0.2, 0) is 27.3 Å². The van der Waals surface area contributed by atoms with Crippen molar-refractivity contribution in [3.8, 4) is 6.07 Å². The van der Waals surface area contributed by atoms with Crippen LogP contribution in [0.2, 0.25) is 0 Å². The SMILES string of the molecule is N#Cc1ccccc1C1NC(Cc2ccc3ccccc3c2)(C(=O)O)C2C(=O)N(Cc3ccc([N+](=O)[O-])o3)C(=O)C12. The van der Waals surface area contributed by atoms with Crippen molar-refractivity contribution in [2.75, 3.05) is 0 Å². The van der Waals surface area contributed by atoms with E-state index in [1.165, 1.54) is 6.07 Å². The highest BCUT2D eigenvalue weighted by molar-refractivity contribution is 6.09. The highest BCUT2D eigenvalue weighted by atomic mass is 16.6. The Hall–Kier alpha value is -5.34. The van der Waals surface area contributed by atoms with Crippen molar-refractivity contribution in [1.29, 1.82) is 5.26 Å². The fraction of sp³-hybridized carbons (Fsp3) is 0.200. The summed E-state index contributed by atoms with van der Waals surface area (Å²) >= 11 is 0. The van der Waals surface area contributed by atoms with Gasteiger partial charge in [-0.25, -0.2) is 0 Å². The topological polar surface area (TPSA) is 167 Å². The van der Waals surface area contributed by atoms with Crippen LogP contribution in [-0.4, -0.2) is 38.3 Å². The van der Waals surface area contributed by atoms with Gasteiger partial charge in [-0.2, -0.15) is 5.26 Å². The first kappa shape index (κ1) is 25.9. The number of nitriles is 1. The third kappa shape index (κ3) is 4.13. The number of nitrogens with zero attached hydrogens (tertiary/aromatic N) is 3. The molecule has 0 radical (unpaired) electrons. The number of carboxylic acid groups (broad SMARTS) is 1. The number of nitrogens with one attached hydrogen (secondary N) is 1. The smallest absolute Gasteiger partial charge is 0.433 e. The lowest BCUT2D eigenvalue weighted by Gasteiger charge is -2.31. The van der Waals surface area contributed by atoms with Gasteiger partial charge < -0.3 is 9.52 Å². The predicted octanol–water partition coefficient (Wildman–Crippen LogP) is 3.72. The average molecular weight is 551 g/mol. The summed E-state index contributed by atoms with van der Waals surface area (Å²) in [4.78, 5) is 52.2. The van der Waals surface area contributed by atoms with Gasteiger partial charge in [-0.3, -0.25) is 34.7 Å². The summed E-state index contributed by atoms with van der Waals surface area (Å²) in [6, 6.07) is 23.2. The lowest BCUT2D eigenvalue weighted by atomic mass is 9.76. The molecule has 41 heavy (non-hydrogen) atoms. The van der Waals surface area contributed by atoms with Crippen LogP contribution in [0.3, 0.4) is 0 Å². The number of rotatable bonds is 7. The number of carbonyl (C=O) groups excluding carboxylic acids is 2. The van der Waals surface area contributed by atoms with Crippen LogP contribution in [0.25, 0.3) is 10.8 Å². The fourth-order valence-corrected chi connectivity index (χ4v) is 6.17. The van der Waals surface area contributed by atoms with Crippen molar-refractivity contribution >= 4 is 34.4 Å². The number of hydrogen-bond donors (Lipinski definition) is 2. The third-order valence-corrected chi connectivity index (χ3v) is 7.98. The Bertz CT molecular complexity index is 1790. The van der Waals surface area contributed by atoms with E-state index in [2.05, 4.69) is 11.4 Å². The lowest BCUT2D eigenvalue weighted by molar-refractivity contribution is -0.402. The van der Waals surface area contributed by atoms with E-state index in [1.807, 2.05) is 36.4 Å². The quantitative estimate of drug-likeness (QED) is 0.198. The molecule has 0 aliphatic carbocycles. The molecule has 2 aliphatic heterocycles. The van der Waals surface area contributed by atoms with Crippen LogP contribution in [0.5, 0.6) is 0 Å². The van der Waals surface area contributed by atoms with E-state index in [0.29, 0.717) is 11.1 Å². The van der Waals surface area contributed by atoms with E-state index >= 15 is 0 Å². The Kier molecular flexibility index (Phi) is 6.12. The van der Waals surface area contributed by atoms with Gasteiger partial charge in [0.15, 0.2) is 0 Å². The van der Waals surface area contributed by atoms with E-state index in [0.717, 1.165) is 21.7 Å². The molecule has 6 rings (SSSR count). The normalized spacial score (nSPS) is 23.5. The summed E-state index contributed by atoms with van der Waals surface area (Å²) < 4.78 is 5.19. The molecule has 204 valence electrons. The monoisotopic (exact) mass is 550 g/mol. The molecule has 3 heterocycles. The fourth-order valence-electron chi connectivity index (χ4n) is 6.17. The average Bonchev–Trinajstić information content (AvgIpc) is 3.65. The first-order valence-electron chi connectivity index (χ1n) is 12.8. The summed E-state index contributed by atoms with van der Waals surface area (Å²) in [6.07, 6.45) is -0.112. The molecule has 2 N–H and O–H groups in total. The molecule has 2 amide bonds. The molecule has 1 aromatic heterocycles. The molecule has 4 unspecified atom stereocenters. The Morgan fingerprint density at radius 2 is 1.78 bits per heavy atom. The molecule has 2 aliphatic rings. The summed E-state index contributed by atoms with van der Waals surface area (Å²) in [5, 5.41) is 36.6. The summed E-state index contributed by atoms with van der Waals surface area (Å²) in [6.45, 7) is -0.392. The summed E-state index contributed by atoms with van der Waals surface area (Å²) in [5.41, 5.74) is -0.594. The number of furan rings is 1. The number of benzene rings is 3. The number of carbonyl (C=O) groups is 3. The number of aliphatic carboxylic acids is 1. The van der Waals surface area contributed by atoms with E-state index in [4.69, 9.17) is 4.42 Å². The molecular weight excluding hydrogens is 528 g/mol. The standard InChI is InChI=1S/C30H22N4O7/c31-15-20-7-3-4-8-22(20)26-24-25(28(36)33(27(24)35)16-21-11-12-23(41-21)34(39)40)30(32-26,29(37)38)14-17-9-10-18-5-1-2-6-19(18)13-17/h1-13,24-26,32H,14,16H2,(H,37,38). The van der Waals surface area contributed by atoms with Gasteiger partial charge in [0.25, 0.3) is 0 Å². The largest absolute Gasteiger partial charge is 0.480 e. The Morgan fingerprint density at radius 1 is 1.05 bits per heavy atom. The molecule has 11 heteroatoms. The summed E-state index contributed by atoms with van der Waals surface area (Å²) in [7, 11) is 0. The molecule has 0 spiro atoms. The van der Waals surface area contributed by atoms with Crippen molar-refractivity contribution < 1.29 is 28.8 Å². The van der Waals surface area contributed by atoms with Crippen molar-refractivity contribution in [2.24, 2.45) is 11.8 Å². The minimum absolute atomic E-state index is 0.00996. The van der Waals surface area contributed by atoms with Crippen molar-refractivity contribution in [3.63, 3.8) is 0 Å². The van der Waals surface area contributed by atoms with Gasteiger partial charge in [0.2, 0.25) is 11.8 Å². The summed E-state index contributed by atoms with van der Waals surface area (Å²) in [5.74, 6) is -5.68. The second-order valence-corrected chi connectivity index (χ2v) is 10.2. The van der Waals surface area contributed by atoms with Crippen LogP contribution in [0.4, 0.5) is 5.88 Å². The maximum atomic E-state index is 14.0. The molecule has 3 aromatic carbocycles. The molecule has 0 saturated carbocycles. The van der Waals surface area contributed by atoms with Crippen molar-refractivity contribution in [3.05, 3.63) is 111 Å². The molecule has 4 aromatic rings. The van der Waals surface area contributed by atoms with E-state index in [9.17, 15) is 34.9 Å². The van der Waals surface area contributed by atoms with Crippen LogP contribution >= 0.6 is 0 Å². The number of nitro groups is 1. The zero-order chi connectivity index (χ0) is 28.9. The molecule has 0 bridgehead atoms. The number of carboxylic acids is 1. The molecule has 2 fully saturated rings. The van der Waals surface area contributed by atoms with Gasteiger partial charge in [0, 0.05) is 12.5 Å². The number of amides is 2. The van der Waals surface area contributed by atoms with Crippen molar-refractivity contribution in [2.45, 2.75) is 24.5 Å². The van der Waals surface area contributed by atoms with E-state index in [1.54, 1.807) is 30.3 Å². The molecule has 4 atom stereocenters. The first-order chi connectivity index (χ1) is 19.7. The van der Waals surface area contributed by atoms with Gasteiger partial charge in [0.05, 0.1) is 36.1 Å². The van der Waals surface area contributed by atoms with Gasteiger partial charge in [0.1, 0.15) is 16.2 Å². The first-order valence-corrected chi connectivity index (χ1v) is 12.8. The van der Waals surface area contributed by atoms with Crippen LogP contribution < -0.4 is 5.32 Å². The second kappa shape index (κ2) is 9.69. The van der Waals surface area contributed by atoms with Crippen LogP contribution in [0.15, 0.2) is 83.3 Å². The lowest BCUT2D eigenvalue weighted by Crippen LogP contribution is -2.57. The minimum Gasteiger partial charge on any atom is -0.480 e. The third-order valence-electron chi connectivity index (χ3n) is 7.98. The Labute approximate surface area is 232 Å². The number of likely N-dealkylation sites (tertiary alicyclic amines) is 1. The maximum absolute atomic E-state index is 14.0. The number of fused-ring (bicyclic) bond motifs is 2. The Balaban J connectivity index is 1.46.